The van der Waals surface area contributed by atoms with Crippen molar-refractivity contribution in [1.29, 1.82) is 5.41 Å². The van der Waals surface area contributed by atoms with Gasteiger partial charge in [0.15, 0.2) is 0 Å². The quantitative estimate of drug-likeness (QED) is 0.415. The van der Waals surface area contributed by atoms with E-state index in [1.54, 1.807) is 0 Å². The van der Waals surface area contributed by atoms with Crippen molar-refractivity contribution in [2.24, 2.45) is 0 Å². The maximum Gasteiger partial charge on any atom is 0.0207 e. The Hall–Kier alpha value is -0.850. The lowest BCUT2D eigenvalue weighted by atomic mass is 10.3. The minimum Gasteiger partial charge on any atom is -0.308 e. The lowest BCUT2D eigenvalue weighted by molar-refractivity contribution is 1.50. The van der Waals surface area contributed by atoms with Gasteiger partial charge in [-0.1, -0.05) is 18.2 Å². The van der Waals surface area contributed by atoms with Crippen LogP contribution in [0.15, 0.2) is 23.8 Å². The molecule has 0 rings (SSSR count). The molecule has 0 atom stereocenters. The first-order valence-corrected chi connectivity index (χ1v) is 2.61. The number of hydrogen-bond donors (Lipinski definition) is 1. The van der Waals surface area contributed by atoms with Crippen LogP contribution in [0.25, 0.3) is 0 Å². The highest BCUT2D eigenvalue weighted by Crippen LogP contribution is 1.85. The zero-order valence-electron chi connectivity index (χ0n) is 5.31. The summed E-state index contributed by atoms with van der Waals surface area (Å²) in [5.74, 6) is 0. The molecule has 1 N–H and O–H groups in total. The Labute approximate surface area is 50.2 Å². The molecule has 0 aliphatic heterocycles. The molecule has 0 radical (unpaired) electrons. The normalized spacial score (nSPS) is 12.5. The van der Waals surface area contributed by atoms with Crippen molar-refractivity contribution in [3.05, 3.63) is 23.8 Å². The molecule has 0 amide bonds. The van der Waals surface area contributed by atoms with E-state index in [0.717, 1.165) is 5.57 Å². The number of allylic oxidation sites excluding steroid dienone is 4. The summed E-state index contributed by atoms with van der Waals surface area (Å²) in [6, 6.07) is 0. The highest BCUT2D eigenvalue weighted by Gasteiger charge is 1.71. The van der Waals surface area contributed by atoms with Gasteiger partial charge in [-0.15, -0.1) is 0 Å². The van der Waals surface area contributed by atoms with Gasteiger partial charge in [-0.3, -0.25) is 0 Å². The van der Waals surface area contributed by atoms with Crippen LogP contribution in [0.3, 0.4) is 0 Å². The molecule has 0 bridgehead atoms. The number of nitrogens with one attached hydrogen (secondary N) is 1. The van der Waals surface area contributed by atoms with Crippen molar-refractivity contribution in [2.75, 3.05) is 0 Å². The van der Waals surface area contributed by atoms with Crippen LogP contribution in [0, 0.1) is 5.41 Å². The Balaban J connectivity index is 3.74. The van der Waals surface area contributed by atoms with Crippen molar-refractivity contribution in [2.45, 2.75) is 13.8 Å². The Bertz CT molecular complexity index is 120. The van der Waals surface area contributed by atoms with Gasteiger partial charge in [0, 0.05) is 6.21 Å². The second kappa shape index (κ2) is 4.31. The molecule has 0 aliphatic rings. The Morgan fingerprint density at radius 3 is 2.50 bits per heavy atom. The first kappa shape index (κ1) is 7.15. The second-order valence-corrected chi connectivity index (χ2v) is 1.58. The van der Waals surface area contributed by atoms with E-state index in [2.05, 4.69) is 0 Å². The van der Waals surface area contributed by atoms with E-state index in [1.807, 2.05) is 32.1 Å². The standard InChI is InChI=1S/C7H11N/c1-3-4-5-7(2)6-8/h3-6,8H,1-2H3/b4-3-,7-5+,8-6?. The summed E-state index contributed by atoms with van der Waals surface area (Å²) < 4.78 is 0. The Morgan fingerprint density at radius 2 is 2.12 bits per heavy atom. The highest BCUT2D eigenvalue weighted by atomic mass is 14.3. The van der Waals surface area contributed by atoms with Crippen LogP contribution >= 0.6 is 0 Å². The monoisotopic (exact) mass is 109 g/mol. The van der Waals surface area contributed by atoms with E-state index in [-0.39, 0.29) is 0 Å². The molecule has 1 heteroatoms. The predicted octanol–water partition coefficient (Wildman–Crippen LogP) is 2.16. The summed E-state index contributed by atoms with van der Waals surface area (Å²) in [6.07, 6.45) is 7.08. The average molecular weight is 109 g/mol. The van der Waals surface area contributed by atoms with E-state index in [9.17, 15) is 0 Å². The van der Waals surface area contributed by atoms with E-state index >= 15 is 0 Å². The first-order chi connectivity index (χ1) is 3.81. The minimum atomic E-state index is 0.975. The summed E-state index contributed by atoms with van der Waals surface area (Å²) in [4.78, 5) is 0. The Kier molecular flexibility index (Phi) is 3.85. The van der Waals surface area contributed by atoms with E-state index in [4.69, 9.17) is 5.41 Å². The largest absolute Gasteiger partial charge is 0.308 e. The number of hydrogen-bond acceptors (Lipinski definition) is 1. The summed E-state index contributed by atoms with van der Waals surface area (Å²) >= 11 is 0. The third-order valence-electron chi connectivity index (χ3n) is 0.779. The molecular weight excluding hydrogens is 98.1 g/mol. The van der Waals surface area contributed by atoms with Crippen LogP contribution < -0.4 is 0 Å². The summed E-state index contributed by atoms with van der Waals surface area (Å²) in [6.45, 7) is 3.85. The van der Waals surface area contributed by atoms with Crippen LogP contribution in [0.2, 0.25) is 0 Å². The SMILES string of the molecule is C/C=C\C=C(/C)C=N. The van der Waals surface area contributed by atoms with Crippen LogP contribution in [-0.2, 0) is 0 Å². The molecule has 0 fully saturated rings. The third-order valence-corrected chi connectivity index (χ3v) is 0.779. The molecule has 0 saturated heterocycles. The van der Waals surface area contributed by atoms with Crippen LogP contribution in [0.5, 0.6) is 0 Å². The molecule has 1 nitrogen and oxygen atoms in total. The summed E-state index contributed by atoms with van der Waals surface area (Å²) in [5, 5.41) is 6.76. The smallest absolute Gasteiger partial charge is 0.0207 e. The lowest BCUT2D eigenvalue weighted by Gasteiger charge is -1.80. The third kappa shape index (κ3) is 3.34. The maximum absolute atomic E-state index is 6.76. The second-order valence-electron chi connectivity index (χ2n) is 1.58. The lowest BCUT2D eigenvalue weighted by Crippen LogP contribution is -1.69. The fraction of sp³-hybridized carbons (Fsp3) is 0.286. The van der Waals surface area contributed by atoms with Gasteiger partial charge in [-0.25, -0.2) is 0 Å². The van der Waals surface area contributed by atoms with Crippen molar-refractivity contribution in [3.63, 3.8) is 0 Å². The first-order valence-electron chi connectivity index (χ1n) is 2.61. The van der Waals surface area contributed by atoms with Gasteiger partial charge in [0.25, 0.3) is 0 Å². The fourth-order valence-corrected chi connectivity index (χ4v) is 0.296. The summed E-state index contributed by atoms with van der Waals surface area (Å²) in [7, 11) is 0. The fourth-order valence-electron chi connectivity index (χ4n) is 0.296. The molecule has 0 aromatic heterocycles. The molecule has 8 heavy (non-hydrogen) atoms. The van der Waals surface area contributed by atoms with Gasteiger partial charge in [0.1, 0.15) is 0 Å². The van der Waals surface area contributed by atoms with Gasteiger partial charge in [-0.2, -0.15) is 0 Å². The van der Waals surface area contributed by atoms with Gasteiger partial charge < -0.3 is 5.41 Å². The van der Waals surface area contributed by atoms with Crippen LogP contribution in [0.1, 0.15) is 13.8 Å². The van der Waals surface area contributed by atoms with Gasteiger partial charge in [0.05, 0.1) is 0 Å². The maximum atomic E-state index is 6.76. The molecule has 0 aromatic carbocycles. The Morgan fingerprint density at radius 1 is 1.50 bits per heavy atom. The van der Waals surface area contributed by atoms with Gasteiger partial charge in [-0.05, 0) is 19.4 Å². The van der Waals surface area contributed by atoms with Crippen LogP contribution in [-0.4, -0.2) is 6.21 Å². The molecule has 0 unspecified atom stereocenters. The van der Waals surface area contributed by atoms with E-state index < -0.39 is 0 Å². The summed E-state index contributed by atoms with van der Waals surface area (Å²) in [5.41, 5.74) is 0.975. The van der Waals surface area contributed by atoms with Gasteiger partial charge >= 0.3 is 0 Å². The molecule has 0 saturated carbocycles. The number of rotatable bonds is 2. The van der Waals surface area contributed by atoms with Crippen LogP contribution in [0.4, 0.5) is 0 Å². The molecule has 0 heterocycles. The zero-order chi connectivity index (χ0) is 6.41. The topological polar surface area (TPSA) is 23.9 Å². The van der Waals surface area contributed by atoms with Crippen molar-refractivity contribution in [3.8, 4) is 0 Å². The van der Waals surface area contributed by atoms with E-state index in [0.29, 0.717) is 0 Å². The molecule has 0 aromatic rings. The van der Waals surface area contributed by atoms with Crippen molar-refractivity contribution < 1.29 is 0 Å². The molecule has 0 spiro atoms. The average Bonchev–Trinajstić information content (AvgIpc) is 1.83. The molecule has 44 valence electrons. The zero-order valence-corrected chi connectivity index (χ0v) is 5.31. The highest BCUT2D eigenvalue weighted by molar-refractivity contribution is 5.75. The predicted molar refractivity (Wildman–Crippen MR) is 37.4 cm³/mol. The minimum absolute atomic E-state index is 0.975. The molecular formula is C7H11N. The molecule has 0 aliphatic carbocycles. The van der Waals surface area contributed by atoms with Crippen molar-refractivity contribution >= 4 is 6.21 Å². The van der Waals surface area contributed by atoms with E-state index in [1.165, 1.54) is 6.21 Å². The van der Waals surface area contributed by atoms with Crippen molar-refractivity contribution in [1.82, 2.24) is 0 Å². The van der Waals surface area contributed by atoms with Gasteiger partial charge in [0.2, 0.25) is 0 Å².